The molecule has 2 aromatic heterocycles. The van der Waals surface area contributed by atoms with Crippen LogP contribution in [0.25, 0.3) is 10.9 Å². The van der Waals surface area contributed by atoms with Crippen LogP contribution in [0.3, 0.4) is 0 Å². The summed E-state index contributed by atoms with van der Waals surface area (Å²) in [7, 11) is 0. The third kappa shape index (κ3) is 1.24. The Bertz CT molecular complexity index is 430. The van der Waals surface area contributed by atoms with E-state index in [1.54, 1.807) is 6.20 Å². The summed E-state index contributed by atoms with van der Waals surface area (Å²) < 4.78 is 1.94. The van der Waals surface area contributed by atoms with Crippen LogP contribution in [-0.2, 0) is 0 Å². The van der Waals surface area contributed by atoms with Crippen LogP contribution >= 0.6 is 0 Å². The number of aromatic nitrogens is 3. The molecule has 2 rings (SSSR count). The molecule has 0 atom stereocenters. The smallest absolute Gasteiger partial charge is 0.125 e. The Labute approximate surface area is 76.4 Å². The van der Waals surface area contributed by atoms with Crippen LogP contribution in [0.1, 0.15) is 19.9 Å². The number of pyridine rings is 1. The molecule has 4 heteroatoms. The molecular formula is C9H12N4. The molecule has 13 heavy (non-hydrogen) atoms. The summed E-state index contributed by atoms with van der Waals surface area (Å²) in [5.41, 5.74) is 6.64. The van der Waals surface area contributed by atoms with Gasteiger partial charge in [0.2, 0.25) is 0 Å². The Kier molecular flexibility index (Phi) is 1.69. The average molecular weight is 176 g/mol. The second-order valence-electron chi connectivity index (χ2n) is 3.35. The third-order valence-corrected chi connectivity index (χ3v) is 1.99. The zero-order valence-corrected chi connectivity index (χ0v) is 7.73. The molecule has 2 N–H and O–H groups in total. The lowest BCUT2D eigenvalue weighted by molar-refractivity contribution is 0.551. The van der Waals surface area contributed by atoms with Gasteiger partial charge in [0.1, 0.15) is 5.82 Å². The van der Waals surface area contributed by atoms with Crippen molar-refractivity contribution in [3.63, 3.8) is 0 Å². The molecule has 0 aliphatic rings. The lowest BCUT2D eigenvalue weighted by Crippen LogP contribution is -2.02. The van der Waals surface area contributed by atoms with Crippen molar-refractivity contribution in [2.75, 3.05) is 5.73 Å². The molecular weight excluding hydrogens is 164 g/mol. The van der Waals surface area contributed by atoms with Gasteiger partial charge in [0.25, 0.3) is 0 Å². The van der Waals surface area contributed by atoms with Crippen LogP contribution < -0.4 is 5.73 Å². The molecule has 0 amide bonds. The van der Waals surface area contributed by atoms with Gasteiger partial charge in [-0.3, -0.25) is 4.68 Å². The highest BCUT2D eigenvalue weighted by atomic mass is 15.3. The molecule has 0 spiro atoms. The van der Waals surface area contributed by atoms with Crippen LogP contribution in [0.5, 0.6) is 0 Å². The minimum atomic E-state index is 0.347. The number of anilines is 1. The molecule has 0 aliphatic carbocycles. The fourth-order valence-electron chi connectivity index (χ4n) is 1.37. The van der Waals surface area contributed by atoms with Crippen molar-refractivity contribution in [3.8, 4) is 0 Å². The molecule has 0 fully saturated rings. The van der Waals surface area contributed by atoms with Gasteiger partial charge >= 0.3 is 0 Å². The van der Waals surface area contributed by atoms with Gasteiger partial charge < -0.3 is 5.73 Å². The first-order chi connectivity index (χ1) is 6.18. The zero-order valence-electron chi connectivity index (χ0n) is 7.73. The van der Waals surface area contributed by atoms with E-state index in [9.17, 15) is 0 Å². The number of fused-ring (bicyclic) bond motifs is 1. The van der Waals surface area contributed by atoms with E-state index in [-0.39, 0.29) is 0 Å². The average Bonchev–Trinajstić information content (AvgIpc) is 2.46. The fourth-order valence-corrected chi connectivity index (χ4v) is 1.37. The number of hydrogen-bond donors (Lipinski definition) is 1. The zero-order chi connectivity index (χ0) is 9.42. The summed E-state index contributed by atoms with van der Waals surface area (Å²) in [4.78, 5) is 4.00. The summed E-state index contributed by atoms with van der Waals surface area (Å²) in [5, 5.41) is 5.29. The monoisotopic (exact) mass is 176 g/mol. The molecule has 0 radical (unpaired) electrons. The van der Waals surface area contributed by atoms with Crippen molar-refractivity contribution in [1.82, 2.24) is 14.8 Å². The van der Waals surface area contributed by atoms with Gasteiger partial charge in [-0.2, -0.15) is 5.10 Å². The maximum atomic E-state index is 5.60. The lowest BCUT2D eigenvalue weighted by atomic mass is 10.3. The van der Waals surface area contributed by atoms with E-state index in [0.717, 1.165) is 10.9 Å². The van der Waals surface area contributed by atoms with E-state index in [0.29, 0.717) is 11.9 Å². The summed E-state index contributed by atoms with van der Waals surface area (Å²) in [6, 6.07) is 2.20. The first-order valence-corrected chi connectivity index (χ1v) is 4.27. The van der Waals surface area contributed by atoms with Crippen LogP contribution in [-0.4, -0.2) is 14.8 Å². The van der Waals surface area contributed by atoms with E-state index < -0.39 is 0 Å². The standard InChI is InChI=1S/C9H12N4/c1-6(2)13-8-3-9(10)11-4-7(8)5-12-13/h3-6H,1-2H3,(H2,10,11). The Balaban J connectivity index is 2.71. The molecule has 4 nitrogen and oxygen atoms in total. The molecule has 0 aliphatic heterocycles. The van der Waals surface area contributed by atoms with Gasteiger partial charge in [0, 0.05) is 23.7 Å². The first-order valence-electron chi connectivity index (χ1n) is 4.27. The van der Waals surface area contributed by atoms with E-state index in [2.05, 4.69) is 23.9 Å². The van der Waals surface area contributed by atoms with Crippen molar-refractivity contribution < 1.29 is 0 Å². The van der Waals surface area contributed by atoms with E-state index in [4.69, 9.17) is 5.73 Å². The van der Waals surface area contributed by atoms with Crippen molar-refractivity contribution in [2.45, 2.75) is 19.9 Å². The molecule has 0 saturated heterocycles. The Morgan fingerprint density at radius 1 is 1.38 bits per heavy atom. The largest absolute Gasteiger partial charge is 0.384 e. The fraction of sp³-hybridized carbons (Fsp3) is 0.333. The number of nitrogens with two attached hydrogens (primary N) is 1. The van der Waals surface area contributed by atoms with Gasteiger partial charge in [-0.15, -0.1) is 0 Å². The minimum absolute atomic E-state index is 0.347. The van der Waals surface area contributed by atoms with Crippen LogP contribution in [0.15, 0.2) is 18.5 Å². The topological polar surface area (TPSA) is 56.7 Å². The number of nitrogen functional groups attached to an aromatic ring is 1. The molecule has 68 valence electrons. The van der Waals surface area contributed by atoms with Gasteiger partial charge in [-0.05, 0) is 13.8 Å². The second kappa shape index (κ2) is 2.73. The van der Waals surface area contributed by atoms with Gasteiger partial charge in [-0.1, -0.05) is 0 Å². The molecule has 0 aromatic carbocycles. The minimum Gasteiger partial charge on any atom is -0.384 e. The van der Waals surface area contributed by atoms with Crippen molar-refractivity contribution in [3.05, 3.63) is 18.5 Å². The maximum absolute atomic E-state index is 5.60. The van der Waals surface area contributed by atoms with Gasteiger partial charge in [-0.25, -0.2) is 4.98 Å². The normalized spacial score (nSPS) is 11.3. The second-order valence-corrected chi connectivity index (χ2v) is 3.35. The maximum Gasteiger partial charge on any atom is 0.125 e. The summed E-state index contributed by atoms with van der Waals surface area (Å²) in [6.07, 6.45) is 3.55. The predicted molar refractivity (Wildman–Crippen MR) is 52.3 cm³/mol. The summed E-state index contributed by atoms with van der Waals surface area (Å²) in [6.45, 7) is 4.17. The van der Waals surface area contributed by atoms with E-state index in [1.807, 2.05) is 16.9 Å². The van der Waals surface area contributed by atoms with Crippen molar-refractivity contribution >= 4 is 16.7 Å². The Morgan fingerprint density at radius 2 is 2.15 bits per heavy atom. The van der Waals surface area contributed by atoms with E-state index in [1.165, 1.54) is 0 Å². The predicted octanol–water partition coefficient (Wildman–Crippen LogP) is 1.59. The first kappa shape index (κ1) is 8.04. The van der Waals surface area contributed by atoms with Gasteiger partial charge in [0.05, 0.1) is 11.7 Å². The van der Waals surface area contributed by atoms with Crippen LogP contribution in [0.4, 0.5) is 5.82 Å². The summed E-state index contributed by atoms with van der Waals surface area (Å²) in [5.74, 6) is 0.537. The third-order valence-electron chi connectivity index (χ3n) is 1.99. The number of nitrogens with zero attached hydrogens (tertiary/aromatic N) is 3. The van der Waals surface area contributed by atoms with Gasteiger partial charge in [0.15, 0.2) is 0 Å². The highest BCUT2D eigenvalue weighted by molar-refractivity contribution is 5.79. The Morgan fingerprint density at radius 3 is 2.85 bits per heavy atom. The number of hydrogen-bond acceptors (Lipinski definition) is 3. The van der Waals surface area contributed by atoms with Crippen molar-refractivity contribution in [2.24, 2.45) is 0 Å². The number of rotatable bonds is 1. The van der Waals surface area contributed by atoms with Crippen LogP contribution in [0, 0.1) is 0 Å². The molecule has 2 aromatic rings. The SMILES string of the molecule is CC(C)n1ncc2cnc(N)cc21. The molecule has 0 saturated carbocycles. The highest BCUT2D eigenvalue weighted by Crippen LogP contribution is 2.17. The highest BCUT2D eigenvalue weighted by Gasteiger charge is 2.05. The molecule has 0 unspecified atom stereocenters. The quantitative estimate of drug-likeness (QED) is 0.717. The lowest BCUT2D eigenvalue weighted by Gasteiger charge is -2.06. The summed E-state index contributed by atoms with van der Waals surface area (Å²) >= 11 is 0. The molecule has 0 bridgehead atoms. The molecule has 2 heterocycles. The van der Waals surface area contributed by atoms with E-state index >= 15 is 0 Å². The van der Waals surface area contributed by atoms with Crippen LogP contribution in [0.2, 0.25) is 0 Å². The Hall–Kier alpha value is -1.58. The van der Waals surface area contributed by atoms with Crippen molar-refractivity contribution in [1.29, 1.82) is 0 Å².